The van der Waals surface area contributed by atoms with E-state index in [0.29, 0.717) is 31.4 Å². The maximum absolute atomic E-state index is 12.7. The quantitative estimate of drug-likeness (QED) is 0.866. The average molecular weight is 378 g/mol. The van der Waals surface area contributed by atoms with E-state index >= 15 is 0 Å². The zero-order valence-corrected chi connectivity index (χ0v) is 15.5. The number of nitrogens with zero attached hydrogens (tertiary/aromatic N) is 3. The number of carbonyl (C=O) groups is 3. The third-order valence-electron chi connectivity index (χ3n) is 5.86. The van der Waals surface area contributed by atoms with Crippen molar-refractivity contribution in [3.05, 3.63) is 42.1 Å². The zero-order chi connectivity index (χ0) is 19.3. The van der Waals surface area contributed by atoms with Crippen LogP contribution in [0.2, 0.25) is 0 Å². The number of aromatic nitrogens is 1. The van der Waals surface area contributed by atoms with Crippen LogP contribution in [0.1, 0.15) is 29.8 Å². The summed E-state index contributed by atoms with van der Waals surface area (Å²) in [5, 5.41) is 3.98. The highest BCUT2D eigenvalue weighted by Crippen LogP contribution is 2.27. The van der Waals surface area contributed by atoms with Crippen LogP contribution in [-0.2, 0) is 9.59 Å². The third-order valence-corrected chi connectivity index (χ3v) is 5.86. The highest BCUT2D eigenvalue weighted by Gasteiger charge is 2.44. The molecule has 1 unspecified atom stereocenters. The minimum atomic E-state index is -0.264. The van der Waals surface area contributed by atoms with Crippen LogP contribution in [0, 0.1) is 5.92 Å². The number of nitrogens with one attached hydrogen (secondary N) is 1. The van der Waals surface area contributed by atoms with Crippen molar-refractivity contribution >= 4 is 28.6 Å². The monoisotopic (exact) mass is 378 g/mol. The highest BCUT2D eigenvalue weighted by atomic mass is 16.2. The normalized spacial score (nSPS) is 22.4. The van der Waals surface area contributed by atoms with Gasteiger partial charge >= 0.3 is 0 Å². The van der Waals surface area contributed by atoms with Gasteiger partial charge in [-0.15, -0.1) is 0 Å². The van der Waals surface area contributed by atoms with E-state index in [2.05, 4.69) is 10.3 Å². The number of pyridine rings is 1. The standard InChI is InChI=1S/C21H22N4O3/c26-19-9-14(20(27)22-15-6-7-15)10-25(19)16-11-24(12-16)21(28)18-8-5-13-3-1-2-4-17(13)23-18/h1-5,8,14-16H,6-7,9-12H2,(H,22,27). The number of amides is 3. The molecule has 3 fully saturated rings. The van der Waals surface area contributed by atoms with Gasteiger partial charge in [0.15, 0.2) is 0 Å². The first-order valence-electron chi connectivity index (χ1n) is 9.83. The fourth-order valence-corrected chi connectivity index (χ4v) is 3.97. The Balaban J connectivity index is 1.20. The van der Waals surface area contributed by atoms with Gasteiger partial charge in [-0.05, 0) is 25.0 Å². The molecule has 144 valence electrons. The Hall–Kier alpha value is -2.96. The van der Waals surface area contributed by atoms with Crippen molar-refractivity contribution in [2.45, 2.75) is 31.3 Å². The van der Waals surface area contributed by atoms with Crippen LogP contribution in [0.5, 0.6) is 0 Å². The van der Waals surface area contributed by atoms with Crippen molar-refractivity contribution in [1.29, 1.82) is 0 Å². The highest BCUT2D eigenvalue weighted by molar-refractivity contribution is 5.96. The molecule has 7 nitrogen and oxygen atoms in total. The maximum Gasteiger partial charge on any atom is 0.272 e. The van der Waals surface area contributed by atoms with Crippen molar-refractivity contribution in [2.24, 2.45) is 5.92 Å². The van der Waals surface area contributed by atoms with E-state index in [-0.39, 0.29) is 36.1 Å². The van der Waals surface area contributed by atoms with Gasteiger partial charge in [-0.2, -0.15) is 0 Å². The molecule has 0 bridgehead atoms. The van der Waals surface area contributed by atoms with Crippen LogP contribution < -0.4 is 5.32 Å². The molecule has 3 aliphatic rings. The Morgan fingerprint density at radius 3 is 2.61 bits per heavy atom. The summed E-state index contributed by atoms with van der Waals surface area (Å²) in [5.74, 6) is -0.375. The van der Waals surface area contributed by atoms with E-state index in [4.69, 9.17) is 0 Å². The van der Waals surface area contributed by atoms with Gasteiger partial charge in [0, 0.05) is 37.5 Å². The topological polar surface area (TPSA) is 82.6 Å². The second kappa shape index (κ2) is 6.58. The molecule has 1 N–H and O–H groups in total. The summed E-state index contributed by atoms with van der Waals surface area (Å²) in [4.78, 5) is 45.2. The van der Waals surface area contributed by atoms with Crippen molar-refractivity contribution in [2.75, 3.05) is 19.6 Å². The van der Waals surface area contributed by atoms with E-state index in [9.17, 15) is 14.4 Å². The lowest BCUT2D eigenvalue weighted by Gasteiger charge is -2.43. The predicted octanol–water partition coefficient (Wildman–Crippen LogP) is 1.19. The summed E-state index contributed by atoms with van der Waals surface area (Å²) in [5.41, 5.74) is 1.22. The van der Waals surface area contributed by atoms with Crippen LogP contribution in [0.25, 0.3) is 10.9 Å². The van der Waals surface area contributed by atoms with Gasteiger partial charge in [0.05, 0.1) is 17.5 Å². The van der Waals surface area contributed by atoms with Gasteiger partial charge < -0.3 is 15.1 Å². The molecule has 2 saturated heterocycles. The largest absolute Gasteiger partial charge is 0.353 e. The van der Waals surface area contributed by atoms with E-state index < -0.39 is 0 Å². The lowest BCUT2D eigenvalue weighted by molar-refractivity contribution is -0.132. The molecule has 28 heavy (non-hydrogen) atoms. The predicted molar refractivity (Wildman–Crippen MR) is 102 cm³/mol. The Labute approximate surface area is 162 Å². The molecule has 1 atom stereocenters. The van der Waals surface area contributed by atoms with Crippen molar-refractivity contribution in [3.63, 3.8) is 0 Å². The molecule has 1 aliphatic carbocycles. The van der Waals surface area contributed by atoms with Gasteiger partial charge in [0.25, 0.3) is 5.91 Å². The molecule has 0 radical (unpaired) electrons. The molecule has 3 amide bonds. The van der Waals surface area contributed by atoms with Gasteiger partial charge in [-0.1, -0.05) is 24.3 Å². The van der Waals surface area contributed by atoms with Gasteiger partial charge in [-0.25, -0.2) is 4.98 Å². The van der Waals surface area contributed by atoms with Crippen LogP contribution in [-0.4, -0.2) is 64.2 Å². The zero-order valence-electron chi connectivity index (χ0n) is 15.5. The summed E-state index contributed by atoms with van der Waals surface area (Å²) in [6.07, 6.45) is 2.35. The summed E-state index contributed by atoms with van der Waals surface area (Å²) in [7, 11) is 0. The molecular formula is C21H22N4O3. The van der Waals surface area contributed by atoms with Crippen molar-refractivity contribution in [1.82, 2.24) is 20.1 Å². The summed E-state index contributed by atoms with van der Waals surface area (Å²) < 4.78 is 0. The summed E-state index contributed by atoms with van der Waals surface area (Å²) >= 11 is 0. The second-order valence-corrected chi connectivity index (χ2v) is 7.98. The average Bonchev–Trinajstić information content (AvgIpc) is 3.40. The first kappa shape index (κ1) is 17.2. The Morgan fingerprint density at radius 2 is 1.82 bits per heavy atom. The molecular weight excluding hydrogens is 356 g/mol. The van der Waals surface area contributed by atoms with Gasteiger partial charge in [0.2, 0.25) is 11.8 Å². The Bertz CT molecular complexity index is 965. The SMILES string of the molecule is O=C(NC1CC1)C1CC(=O)N(C2CN(C(=O)c3ccc4ccccc4n3)C2)C1. The maximum atomic E-state index is 12.7. The first-order valence-corrected chi connectivity index (χ1v) is 9.83. The van der Waals surface area contributed by atoms with Gasteiger partial charge in [0.1, 0.15) is 5.69 Å². The number of rotatable bonds is 4. The fraction of sp³-hybridized carbons (Fsp3) is 0.429. The number of fused-ring (bicyclic) bond motifs is 1. The smallest absolute Gasteiger partial charge is 0.272 e. The second-order valence-electron chi connectivity index (χ2n) is 7.98. The first-order chi connectivity index (χ1) is 13.6. The number of carbonyl (C=O) groups excluding carboxylic acids is 3. The number of likely N-dealkylation sites (tertiary alicyclic amines) is 2. The molecule has 1 saturated carbocycles. The van der Waals surface area contributed by atoms with Gasteiger partial charge in [-0.3, -0.25) is 14.4 Å². The molecule has 2 aromatic rings. The van der Waals surface area contributed by atoms with E-state index in [1.165, 1.54) is 0 Å². The number of para-hydroxylation sites is 1. The lowest BCUT2D eigenvalue weighted by Crippen LogP contribution is -2.61. The van der Waals surface area contributed by atoms with Crippen molar-refractivity contribution in [3.8, 4) is 0 Å². The third kappa shape index (κ3) is 3.10. The number of hydrogen-bond acceptors (Lipinski definition) is 4. The number of hydrogen-bond donors (Lipinski definition) is 1. The van der Waals surface area contributed by atoms with Crippen LogP contribution in [0.15, 0.2) is 36.4 Å². The van der Waals surface area contributed by atoms with E-state index in [0.717, 1.165) is 23.7 Å². The molecule has 7 heteroatoms. The number of benzene rings is 1. The van der Waals surface area contributed by atoms with E-state index in [1.807, 2.05) is 30.3 Å². The van der Waals surface area contributed by atoms with Crippen LogP contribution in [0.4, 0.5) is 0 Å². The minimum absolute atomic E-state index is 0.00404. The Kier molecular flexibility index (Phi) is 4.03. The van der Waals surface area contributed by atoms with Crippen LogP contribution in [0.3, 0.4) is 0 Å². The molecule has 2 aliphatic heterocycles. The molecule has 3 heterocycles. The molecule has 1 aromatic heterocycles. The fourth-order valence-electron chi connectivity index (χ4n) is 3.97. The molecule has 5 rings (SSSR count). The Morgan fingerprint density at radius 1 is 1.04 bits per heavy atom. The molecule has 1 aromatic carbocycles. The summed E-state index contributed by atoms with van der Waals surface area (Å²) in [6.45, 7) is 1.45. The van der Waals surface area contributed by atoms with E-state index in [1.54, 1.807) is 15.9 Å². The van der Waals surface area contributed by atoms with Crippen LogP contribution >= 0.6 is 0 Å². The summed E-state index contributed by atoms with van der Waals surface area (Å²) in [6, 6.07) is 11.6. The van der Waals surface area contributed by atoms with Crippen molar-refractivity contribution < 1.29 is 14.4 Å². The lowest BCUT2D eigenvalue weighted by atomic mass is 10.1. The molecule has 0 spiro atoms. The minimum Gasteiger partial charge on any atom is -0.353 e.